The van der Waals surface area contributed by atoms with E-state index in [4.69, 9.17) is 0 Å². The lowest BCUT2D eigenvalue weighted by atomic mass is 10.1. The molecule has 2 heterocycles. The zero-order valence-corrected chi connectivity index (χ0v) is 11.6. The first-order valence-electron chi connectivity index (χ1n) is 7.30. The molecule has 0 saturated carbocycles. The van der Waals surface area contributed by atoms with Crippen molar-refractivity contribution in [1.29, 1.82) is 0 Å². The Balaban J connectivity index is 1.81. The van der Waals surface area contributed by atoms with Crippen molar-refractivity contribution in [3.05, 3.63) is 40.3 Å². The number of pyridine rings is 1. The van der Waals surface area contributed by atoms with E-state index in [1.54, 1.807) is 18.2 Å². The number of fused-ring (bicyclic) bond motifs is 1. The number of piperidine rings is 1. The second kappa shape index (κ2) is 5.67. The number of likely N-dealkylation sites (tertiary alicyclic amines) is 1. The first kappa shape index (κ1) is 13.2. The van der Waals surface area contributed by atoms with E-state index in [0.717, 1.165) is 31.7 Å². The van der Waals surface area contributed by atoms with Gasteiger partial charge in [0.2, 0.25) is 0 Å². The molecule has 3 rings (SSSR count). The van der Waals surface area contributed by atoms with Crippen molar-refractivity contribution in [2.45, 2.75) is 25.7 Å². The van der Waals surface area contributed by atoms with Crippen LogP contribution in [0.2, 0.25) is 0 Å². The van der Waals surface area contributed by atoms with Crippen molar-refractivity contribution < 1.29 is 5.11 Å². The Bertz CT molecular complexity index is 657. The second-order valence-corrected chi connectivity index (χ2v) is 5.51. The van der Waals surface area contributed by atoms with Crippen LogP contribution >= 0.6 is 0 Å². The number of aromatic hydroxyl groups is 1. The molecule has 1 fully saturated rings. The third kappa shape index (κ3) is 2.70. The SMILES string of the molecule is O=c1[nH]c(CCN2CCCCC2)cc2c(O)cccc12. The van der Waals surface area contributed by atoms with Gasteiger partial charge in [0.05, 0.1) is 5.39 Å². The third-order valence-electron chi connectivity index (χ3n) is 4.07. The number of rotatable bonds is 3. The second-order valence-electron chi connectivity index (χ2n) is 5.51. The van der Waals surface area contributed by atoms with Gasteiger partial charge in [-0.3, -0.25) is 4.79 Å². The number of nitrogens with one attached hydrogen (secondary N) is 1. The molecular weight excluding hydrogens is 252 g/mol. The largest absolute Gasteiger partial charge is 0.507 e. The van der Waals surface area contributed by atoms with E-state index < -0.39 is 0 Å². The van der Waals surface area contributed by atoms with E-state index in [2.05, 4.69) is 9.88 Å². The van der Waals surface area contributed by atoms with E-state index in [-0.39, 0.29) is 11.3 Å². The fraction of sp³-hybridized carbons (Fsp3) is 0.438. The average Bonchev–Trinajstić information content (AvgIpc) is 2.47. The Morgan fingerprint density at radius 2 is 1.95 bits per heavy atom. The fourth-order valence-electron chi connectivity index (χ4n) is 2.92. The molecule has 106 valence electrons. The van der Waals surface area contributed by atoms with Crippen LogP contribution in [0.4, 0.5) is 0 Å². The number of hydrogen-bond acceptors (Lipinski definition) is 3. The van der Waals surface area contributed by atoms with Crippen LogP contribution in [0.1, 0.15) is 25.0 Å². The van der Waals surface area contributed by atoms with Crippen LogP contribution in [0.3, 0.4) is 0 Å². The average molecular weight is 272 g/mol. The standard InChI is InChI=1S/C16H20N2O2/c19-15-6-4-5-13-14(15)11-12(17-16(13)20)7-10-18-8-2-1-3-9-18/h4-6,11,19H,1-3,7-10H2,(H,17,20). The lowest BCUT2D eigenvalue weighted by molar-refractivity contribution is 0.231. The number of nitrogens with zero attached hydrogens (tertiary/aromatic N) is 1. The zero-order chi connectivity index (χ0) is 13.9. The Morgan fingerprint density at radius 3 is 2.75 bits per heavy atom. The number of H-pyrrole nitrogens is 1. The lowest BCUT2D eigenvalue weighted by Gasteiger charge is -2.26. The van der Waals surface area contributed by atoms with Gasteiger partial charge in [0.1, 0.15) is 5.75 Å². The van der Waals surface area contributed by atoms with Crippen molar-refractivity contribution >= 4 is 10.8 Å². The quantitative estimate of drug-likeness (QED) is 0.901. The van der Waals surface area contributed by atoms with Crippen molar-refractivity contribution in [2.24, 2.45) is 0 Å². The highest BCUT2D eigenvalue weighted by molar-refractivity contribution is 5.87. The molecule has 0 unspecified atom stereocenters. The molecule has 20 heavy (non-hydrogen) atoms. The molecule has 1 aliphatic rings. The van der Waals surface area contributed by atoms with Crippen LogP contribution < -0.4 is 5.56 Å². The first-order chi connectivity index (χ1) is 9.74. The summed E-state index contributed by atoms with van der Waals surface area (Å²) in [4.78, 5) is 17.4. The van der Waals surface area contributed by atoms with E-state index >= 15 is 0 Å². The molecule has 1 aromatic heterocycles. The highest BCUT2D eigenvalue weighted by Crippen LogP contribution is 2.22. The molecule has 0 aliphatic carbocycles. The molecule has 0 radical (unpaired) electrons. The van der Waals surface area contributed by atoms with Crippen LogP contribution in [0, 0.1) is 0 Å². The molecule has 2 aromatic rings. The van der Waals surface area contributed by atoms with Gasteiger partial charge in [-0.25, -0.2) is 0 Å². The number of aromatic amines is 1. The number of phenols is 1. The summed E-state index contributed by atoms with van der Waals surface area (Å²) in [6.45, 7) is 3.28. The van der Waals surface area contributed by atoms with Crippen molar-refractivity contribution in [1.82, 2.24) is 9.88 Å². The van der Waals surface area contributed by atoms with Crippen molar-refractivity contribution in [3.63, 3.8) is 0 Å². The van der Waals surface area contributed by atoms with Crippen LogP contribution in [-0.2, 0) is 6.42 Å². The van der Waals surface area contributed by atoms with Gasteiger partial charge in [-0.1, -0.05) is 12.5 Å². The Hall–Kier alpha value is -1.81. The molecule has 2 N–H and O–H groups in total. The summed E-state index contributed by atoms with van der Waals surface area (Å²) in [7, 11) is 0. The summed E-state index contributed by atoms with van der Waals surface area (Å²) >= 11 is 0. The molecule has 0 spiro atoms. The minimum atomic E-state index is -0.118. The molecule has 4 heteroatoms. The summed E-state index contributed by atoms with van der Waals surface area (Å²) in [5.74, 6) is 0.174. The molecule has 1 aromatic carbocycles. The minimum Gasteiger partial charge on any atom is -0.507 e. The molecule has 1 aliphatic heterocycles. The van der Waals surface area contributed by atoms with Gasteiger partial charge in [0.15, 0.2) is 0 Å². The van der Waals surface area contributed by atoms with Crippen LogP contribution in [-0.4, -0.2) is 34.6 Å². The van der Waals surface area contributed by atoms with Gasteiger partial charge in [-0.15, -0.1) is 0 Å². The topological polar surface area (TPSA) is 56.3 Å². The molecule has 0 amide bonds. The van der Waals surface area contributed by atoms with Crippen LogP contribution in [0.15, 0.2) is 29.1 Å². The maximum Gasteiger partial charge on any atom is 0.256 e. The minimum absolute atomic E-state index is 0.118. The van der Waals surface area contributed by atoms with Gasteiger partial charge in [0.25, 0.3) is 5.56 Å². The molecule has 4 nitrogen and oxygen atoms in total. The van der Waals surface area contributed by atoms with Gasteiger partial charge < -0.3 is 15.0 Å². The van der Waals surface area contributed by atoms with Gasteiger partial charge in [-0.2, -0.15) is 0 Å². The summed E-state index contributed by atoms with van der Waals surface area (Å²) in [5, 5.41) is 11.1. The fourth-order valence-corrected chi connectivity index (χ4v) is 2.92. The highest BCUT2D eigenvalue weighted by atomic mass is 16.3. The zero-order valence-electron chi connectivity index (χ0n) is 11.6. The lowest BCUT2D eigenvalue weighted by Crippen LogP contribution is -2.31. The van der Waals surface area contributed by atoms with Gasteiger partial charge >= 0.3 is 0 Å². The Morgan fingerprint density at radius 1 is 1.15 bits per heavy atom. The maximum atomic E-state index is 12.0. The summed E-state index contributed by atoms with van der Waals surface area (Å²) in [6.07, 6.45) is 4.70. The smallest absolute Gasteiger partial charge is 0.256 e. The van der Waals surface area contributed by atoms with E-state index in [0.29, 0.717) is 10.8 Å². The number of aromatic nitrogens is 1. The number of hydrogen-bond donors (Lipinski definition) is 2. The molecular formula is C16H20N2O2. The van der Waals surface area contributed by atoms with Gasteiger partial charge in [0, 0.05) is 24.0 Å². The first-order valence-corrected chi connectivity index (χ1v) is 7.30. The van der Waals surface area contributed by atoms with Gasteiger partial charge in [-0.05, 0) is 44.1 Å². The monoisotopic (exact) mass is 272 g/mol. The van der Waals surface area contributed by atoms with Crippen molar-refractivity contribution in [3.8, 4) is 5.75 Å². The maximum absolute atomic E-state index is 12.0. The van der Waals surface area contributed by atoms with E-state index in [1.807, 2.05) is 6.07 Å². The third-order valence-corrected chi connectivity index (χ3v) is 4.07. The number of benzene rings is 1. The normalized spacial score (nSPS) is 16.6. The predicted octanol–water partition coefficient (Wildman–Crippen LogP) is 2.26. The Kier molecular flexibility index (Phi) is 3.74. The van der Waals surface area contributed by atoms with Crippen LogP contribution in [0.5, 0.6) is 5.75 Å². The van der Waals surface area contributed by atoms with E-state index in [1.165, 1.54) is 19.3 Å². The number of phenolic OH excluding ortho intramolecular Hbond substituents is 1. The van der Waals surface area contributed by atoms with Crippen molar-refractivity contribution in [2.75, 3.05) is 19.6 Å². The summed E-state index contributed by atoms with van der Waals surface area (Å²) in [6, 6.07) is 6.95. The van der Waals surface area contributed by atoms with Crippen LogP contribution in [0.25, 0.3) is 10.8 Å². The van der Waals surface area contributed by atoms with E-state index in [9.17, 15) is 9.90 Å². The molecule has 1 saturated heterocycles. The molecule has 0 atom stereocenters. The predicted molar refractivity (Wildman–Crippen MR) is 80.2 cm³/mol. The highest BCUT2D eigenvalue weighted by Gasteiger charge is 2.11. The Labute approximate surface area is 118 Å². The summed E-state index contributed by atoms with van der Waals surface area (Å²) < 4.78 is 0. The molecule has 0 bridgehead atoms. The summed E-state index contributed by atoms with van der Waals surface area (Å²) in [5.41, 5.74) is 0.779.